The lowest BCUT2D eigenvalue weighted by molar-refractivity contribution is -0.181. The number of hydrogen-bond donors (Lipinski definition) is 2. The van der Waals surface area contributed by atoms with Crippen LogP contribution in [0.25, 0.3) is 6.08 Å². The first-order valence-electron chi connectivity index (χ1n) is 8.17. The molecule has 3 N–H and O–H groups in total. The number of rotatable bonds is 10. The summed E-state index contributed by atoms with van der Waals surface area (Å²) in [6, 6.07) is 10.4. The minimum absolute atomic E-state index is 0.00178. The summed E-state index contributed by atoms with van der Waals surface area (Å²) in [7, 11) is 0. The van der Waals surface area contributed by atoms with Crippen molar-refractivity contribution in [2.75, 3.05) is 19.8 Å². The van der Waals surface area contributed by atoms with Gasteiger partial charge in [0.05, 0.1) is 0 Å². The minimum atomic E-state index is -0.173. The maximum atomic E-state index is 6.00. The second kappa shape index (κ2) is 8.32. The predicted molar refractivity (Wildman–Crippen MR) is 90.2 cm³/mol. The highest BCUT2D eigenvalue weighted by atomic mass is 16.7. The van der Waals surface area contributed by atoms with Crippen LogP contribution in [0.1, 0.15) is 32.3 Å². The van der Waals surface area contributed by atoms with Crippen LogP contribution in [0.3, 0.4) is 0 Å². The predicted octanol–water partition coefficient (Wildman–Crippen LogP) is 2.75. The Labute approximate surface area is 133 Å². The van der Waals surface area contributed by atoms with Crippen molar-refractivity contribution < 1.29 is 9.47 Å². The van der Waals surface area contributed by atoms with E-state index in [0.29, 0.717) is 19.8 Å². The fraction of sp³-hybridized carbons (Fsp3) is 0.556. The number of ether oxygens (including phenoxy) is 2. The molecule has 1 atom stereocenters. The number of hydrogen-bond acceptors (Lipinski definition) is 4. The topological polar surface area (TPSA) is 56.5 Å². The Morgan fingerprint density at radius 3 is 2.32 bits per heavy atom. The number of nitrogens with two attached hydrogens (primary N) is 1. The van der Waals surface area contributed by atoms with Crippen LogP contribution >= 0.6 is 0 Å². The molecule has 1 saturated carbocycles. The summed E-state index contributed by atoms with van der Waals surface area (Å²) in [5.41, 5.74) is 7.17. The lowest BCUT2D eigenvalue weighted by Crippen LogP contribution is -2.48. The molecule has 22 heavy (non-hydrogen) atoms. The lowest BCUT2D eigenvalue weighted by Gasteiger charge is -2.33. The van der Waals surface area contributed by atoms with Crippen molar-refractivity contribution in [1.82, 2.24) is 5.32 Å². The summed E-state index contributed by atoms with van der Waals surface area (Å²) in [5.74, 6) is 0. The van der Waals surface area contributed by atoms with Gasteiger partial charge >= 0.3 is 0 Å². The SMILES string of the molecule is CCOC(OCC)C1([C@@H](CN)NC=Cc2ccccc2)CC1. The monoisotopic (exact) mass is 304 g/mol. The van der Waals surface area contributed by atoms with E-state index in [1.807, 2.05) is 38.2 Å². The molecule has 122 valence electrons. The van der Waals surface area contributed by atoms with Gasteiger partial charge in [-0.05, 0) is 44.5 Å². The van der Waals surface area contributed by atoms with Crippen molar-refractivity contribution >= 4 is 6.08 Å². The van der Waals surface area contributed by atoms with Crippen molar-refractivity contribution in [2.24, 2.45) is 11.1 Å². The van der Waals surface area contributed by atoms with E-state index in [1.54, 1.807) is 0 Å². The quantitative estimate of drug-likeness (QED) is 0.653. The molecule has 4 heteroatoms. The molecule has 1 aromatic rings. The van der Waals surface area contributed by atoms with Crippen LogP contribution < -0.4 is 11.1 Å². The molecule has 0 saturated heterocycles. The molecule has 0 aliphatic heterocycles. The van der Waals surface area contributed by atoms with Crippen molar-refractivity contribution in [2.45, 2.75) is 39.0 Å². The van der Waals surface area contributed by atoms with Gasteiger partial charge in [-0.1, -0.05) is 30.3 Å². The summed E-state index contributed by atoms with van der Waals surface area (Å²) >= 11 is 0. The average molecular weight is 304 g/mol. The average Bonchev–Trinajstić information content (AvgIpc) is 3.34. The van der Waals surface area contributed by atoms with Gasteiger partial charge in [-0.3, -0.25) is 0 Å². The van der Waals surface area contributed by atoms with E-state index in [1.165, 1.54) is 5.56 Å². The second-order valence-corrected chi connectivity index (χ2v) is 5.67. The van der Waals surface area contributed by atoms with E-state index in [2.05, 4.69) is 23.5 Å². The van der Waals surface area contributed by atoms with Gasteiger partial charge in [-0.15, -0.1) is 0 Å². The zero-order valence-corrected chi connectivity index (χ0v) is 13.6. The normalized spacial score (nSPS) is 17.8. The third kappa shape index (κ3) is 4.09. The molecule has 1 aliphatic rings. The van der Waals surface area contributed by atoms with Gasteiger partial charge in [0, 0.05) is 31.2 Å². The summed E-state index contributed by atoms with van der Waals surface area (Å²) in [5, 5.41) is 3.45. The Hall–Kier alpha value is -1.36. The summed E-state index contributed by atoms with van der Waals surface area (Å²) < 4.78 is 11.6. The molecule has 2 rings (SSSR count). The molecule has 0 amide bonds. The third-order valence-corrected chi connectivity index (χ3v) is 4.24. The minimum Gasteiger partial charge on any atom is -0.386 e. The molecule has 1 aliphatic carbocycles. The Morgan fingerprint density at radius 2 is 1.82 bits per heavy atom. The van der Waals surface area contributed by atoms with E-state index < -0.39 is 0 Å². The van der Waals surface area contributed by atoms with Crippen LogP contribution in [0.5, 0.6) is 0 Å². The van der Waals surface area contributed by atoms with Crippen molar-refractivity contribution in [3.8, 4) is 0 Å². The fourth-order valence-electron chi connectivity index (χ4n) is 2.87. The van der Waals surface area contributed by atoms with E-state index in [0.717, 1.165) is 12.8 Å². The molecular weight excluding hydrogens is 276 g/mol. The van der Waals surface area contributed by atoms with Gasteiger partial charge in [-0.2, -0.15) is 0 Å². The molecular formula is C18H28N2O2. The Morgan fingerprint density at radius 1 is 1.18 bits per heavy atom. The highest BCUT2D eigenvalue weighted by Gasteiger charge is 2.56. The van der Waals surface area contributed by atoms with Gasteiger partial charge in [0.2, 0.25) is 0 Å². The highest BCUT2D eigenvalue weighted by Crippen LogP contribution is 2.53. The summed E-state index contributed by atoms with van der Waals surface area (Å²) in [6.07, 6.45) is 6.06. The first-order valence-corrected chi connectivity index (χ1v) is 8.17. The van der Waals surface area contributed by atoms with Gasteiger partial charge in [0.15, 0.2) is 6.29 Å². The zero-order chi connectivity index (χ0) is 15.8. The molecule has 0 heterocycles. The molecule has 1 fully saturated rings. The van der Waals surface area contributed by atoms with Crippen LogP contribution in [-0.4, -0.2) is 32.1 Å². The molecule has 0 spiro atoms. The Balaban J connectivity index is 1.99. The molecule has 1 aromatic carbocycles. The maximum Gasteiger partial charge on any atom is 0.165 e. The van der Waals surface area contributed by atoms with Crippen molar-refractivity contribution in [3.63, 3.8) is 0 Å². The van der Waals surface area contributed by atoms with Crippen molar-refractivity contribution in [1.29, 1.82) is 0 Å². The van der Waals surface area contributed by atoms with E-state index in [4.69, 9.17) is 15.2 Å². The lowest BCUT2D eigenvalue weighted by atomic mass is 9.95. The van der Waals surface area contributed by atoms with Crippen LogP contribution in [0.15, 0.2) is 36.5 Å². The molecule has 0 aromatic heterocycles. The molecule has 0 bridgehead atoms. The molecule has 0 unspecified atom stereocenters. The maximum absolute atomic E-state index is 6.00. The highest BCUT2D eigenvalue weighted by molar-refractivity contribution is 5.48. The first kappa shape index (κ1) is 17.0. The fourth-order valence-corrected chi connectivity index (χ4v) is 2.87. The van der Waals surface area contributed by atoms with Gasteiger partial charge in [0.25, 0.3) is 0 Å². The number of nitrogens with one attached hydrogen (secondary N) is 1. The van der Waals surface area contributed by atoms with Crippen LogP contribution in [0, 0.1) is 5.41 Å². The summed E-state index contributed by atoms with van der Waals surface area (Å²) in [6.45, 7) is 5.88. The van der Waals surface area contributed by atoms with Crippen LogP contribution in [0.2, 0.25) is 0 Å². The molecule has 4 nitrogen and oxygen atoms in total. The Kier molecular flexibility index (Phi) is 6.43. The van der Waals surface area contributed by atoms with Gasteiger partial charge < -0.3 is 20.5 Å². The van der Waals surface area contributed by atoms with Crippen LogP contribution in [0.4, 0.5) is 0 Å². The third-order valence-electron chi connectivity index (χ3n) is 4.24. The first-order chi connectivity index (χ1) is 10.8. The standard InChI is InChI=1S/C18H28N2O2/c1-3-21-17(22-4-2)18(11-12-18)16(14-19)20-13-10-15-8-6-5-7-9-15/h5-10,13,16-17,20H,3-4,11-12,14,19H2,1-2H3/t16-/m1/s1. The number of benzene rings is 1. The Bertz CT molecular complexity index is 451. The molecule has 0 radical (unpaired) electrons. The van der Waals surface area contributed by atoms with Gasteiger partial charge in [0.1, 0.15) is 0 Å². The van der Waals surface area contributed by atoms with Crippen LogP contribution in [-0.2, 0) is 9.47 Å². The van der Waals surface area contributed by atoms with E-state index >= 15 is 0 Å². The summed E-state index contributed by atoms with van der Waals surface area (Å²) in [4.78, 5) is 0. The van der Waals surface area contributed by atoms with Crippen molar-refractivity contribution in [3.05, 3.63) is 42.1 Å². The second-order valence-electron chi connectivity index (χ2n) is 5.67. The smallest absolute Gasteiger partial charge is 0.165 e. The van der Waals surface area contributed by atoms with E-state index in [9.17, 15) is 0 Å². The zero-order valence-electron chi connectivity index (χ0n) is 13.6. The van der Waals surface area contributed by atoms with Gasteiger partial charge in [-0.25, -0.2) is 0 Å². The van der Waals surface area contributed by atoms with E-state index in [-0.39, 0.29) is 17.7 Å². The largest absolute Gasteiger partial charge is 0.386 e.